The highest BCUT2D eigenvalue weighted by molar-refractivity contribution is 6.30. The third-order valence-electron chi connectivity index (χ3n) is 3.65. The molecule has 1 amide bonds. The van der Waals surface area contributed by atoms with Gasteiger partial charge < -0.3 is 10.4 Å². The zero-order chi connectivity index (χ0) is 15.4. The smallest absolute Gasteiger partial charge is 0.326 e. The summed E-state index contributed by atoms with van der Waals surface area (Å²) in [7, 11) is 0. The van der Waals surface area contributed by atoms with Crippen molar-refractivity contribution in [1.82, 2.24) is 5.32 Å². The molecule has 0 spiro atoms. The van der Waals surface area contributed by atoms with Gasteiger partial charge in [-0.2, -0.15) is 0 Å². The van der Waals surface area contributed by atoms with E-state index < -0.39 is 17.9 Å². The Labute approximate surface area is 127 Å². The first kappa shape index (κ1) is 15.5. The third kappa shape index (κ3) is 4.04. The number of ketones is 1. The van der Waals surface area contributed by atoms with Crippen LogP contribution in [0.25, 0.3) is 0 Å². The number of carbonyl (C=O) groups is 3. The molecule has 2 rings (SSSR count). The van der Waals surface area contributed by atoms with Gasteiger partial charge in [0, 0.05) is 23.4 Å². The number of hydrogen-bond acceptors (Lipinski definition) is 3. The Morgan fingerprint density at radius 2 is 1.95 bits per heavy atom. The van der Waals surface area contributed by atoms with E-state index in [0.717, 1.165) is 0 Å². The molecule has 1 aromatic carbocycles. The number of benzene rings is 1. The highest BCUT2D eigenvalue weighted by Crippen LogP contribution is 2.25. The zero-order valence-corrected chi connectivity index (χ0v) is 12.1. The summed E-state index contributed by atoms with van der Waals surface area (Å²) < 4.78 is 0. The molecule has 2 N–H and O–H groups in total. The highest BCUT2D eigenvalue weighted by Gasteiger charge is 2.33. The summed E-state index contributed by atoms with van der Waals surface area (Å²) in [4.78, 5) is 34.9. The quantitative estimate of drug-likeness (QED) is 0.893. The number of amides is 1. The minimum atomic E-state index is -1.11. The van der Waals surface area contributed by atoms with Gasteiger partial charge in [0.15, 0.2) is 0 Å². The Morgan fingerprint density at radius 3 is 2.52 bits per heavy atom. The van der Waals surface area contributed by atoms with Crippen LogP contribution in [0.1, 0.15) is 36.0 Å². The molecule has 0 radical (unpaired) electrons. The summed E-state index contributed by atoms with van der Waals surface area (Å²) in [6.45, 7) is 0. The van der Waals surface area contributed by atoms with Crippen molar-refractivity contribution in [3.63, 3.8) is 0 Å². The fraction of sp³-hybridized carbons (Fsp3) is 0.400. The summed E-state index contributed by atoms with van der Waals surface area (Å²) in [6, 6.07) is 5.15. The summed E-state index contributed by atoms with van der Waals surface area (Å²) >= 11 is 5.75. The van der Waals surface area contributed by atoms with E-state index in [1.165, 1.54) is 12.1 Å². The molecule has 112 valence electrons. The lowest BCUT2D eigenvalue weighted by atomic mass is 9.83. The maximum absolute atomic E-state index is 12.1. The van der Waals surface area contributed by atoms with Gasteiger partial charge in [-0.3, -0.25) is 9.59 Å². The van der Waals surface area contributed by atoms with Gasteiger partial charge in [0.2, 0.25) is 0 Å². The lowest BCUT2D eigenvalue weighted by molar-refractivity contribution is -0.141. The van der Waals surface area contributed by atoms with E-state index in [4.69, 9.17) is 11.6 Å². The summed E-state index contributed by atoms with van der Waals surface area (Å²) in [5.74, 6) is -1.88. The van der Waals surface area contributed by atoms with E-state index in [9.17, 15) is 19.5 Å². The number of hydrogen-bond donors (Lipinski definition) is 2. The third-order valence-corrected chi connectivity index (χ3v) is 3.90. The lowest BCUT2D eigenvalue weighted by Crippen LogP contribution is -2.47. The minimum Gasteiger partial charge on any atom is -0.480 e. The maximum atomic E-state index is 12.1. The molecule has 2 atom stereocenters. The number of carboxylic acids is 1. The number of carbonyl (C=O) groups excluding carboxylic acids is 2. The second-order valence-corrected chi connectivity index (χ2v) is 5.63. The SMILES string of the molecule is O=C1CCC[C@@H]([C@H](NC(=O)c2ccc(Cl)cc2)C(=O)O)C1. The fourth-order valence-corrected chi connectivity index (χ4v) is 2.68. The molecule has 0 unspecified atom stereocenters. The molecule has 0 saturated heterocycles. The first-order valence-corrected chi connectivity index (χ1v) is 7.16. The van der Waals surface area contributed by atoms with Gasteiger partial charge in [0.1, 0.15) is 11.8 Å². The highest BCUT2D eigenvalue weighted by atomic mass is 35.5. The van der Waals surface area contributed by atoms with Gasteiger partial charge in [0.25, 0.3) is 5.91 Å². The van der Waals surface area contributed by atoms with Gasteiger partial charge in [-0.15, -0.1) is 0 Å². The van der Waals surface area contributed by atoms with E-state index >= 15 is 0 Å². The molecule has 0 heterocycles. The Kier molecular flexibility index (Phi) is 4.96. The van der Waals surface area contributed by atoms with Gasteiger partial charge in [-0.05, 0) is 43.0 Å². The normalized spacial score (nSPS) is 19.9. The van der Waals surface area contributed by atoms with Crippen LogP contribution in [0.15, 0.2) is 24.3 Å². The summed E-state index contributed by atoms with van der Waals surface area (Å²) in [5.41, 5.74) is 0.341. The van der Waals surface area contributed by atoms with E-state index in [0.29, 0.717) is 29.8 Å². The van der Waals surface area contributed by atoms with Crippen molar-refractivity contribution < 1.29 is 19.5 Å². The average Bonchev–Trinajstić information content (AvgIpc) is 2.45. The Morgan fingerprint density at radius 1 is 1.29 bits per heavy atom. The van der Waals surface area contributed by atoms with E-state index in [2.05, 4.69) is 5.32 Å². The van der Waals surface area contributed by atoms with Crippen LogP contribution in [0.2, 0.25) is 5.02 Å². The van der Waals surface area contributed by atoms with Crippen LogP contribution in [-0.2, 0) is 9.59 Å². The van der Waals surface area contributed by atoms with Crippen molar-refractivity contribution in [3.8, 4) is 0 Å². The largest absolute Gasteiger partial charge is 0.480 e. The van der Waals surface area contributed by atoms with Crippen molar-refractivity contribution >= 4 is 29.3 Å². The van der Waals surface area contributed by atoms with Gasteiger partial charge >= 0.3 is 5.97 Å². The summed E-state index contributed by atoms with van der Waals surface area (Å²) in [6.07, 6.45) is 2.00. The number of aliphatic carboxylic acids is 1. The topological polar surface area (TPSA) is 83.5 Å². The Balaban J connectivity index is 2.08. The zero-order valence-electron chi connectivity index (χ0n) is 11.3. The van der Waals surface area contributed by atoms with E-state index in [1.54, 1.807) is 12.1 Å². The first-order valence-electron chi connectivity index (χ1n) is 6.78. The maximum Gasteiger partial charge on any atom is 0.326 e. The number of halogens is 1. The first-order chi connectivity index (χ1) is 9.97. The van der Waals surface area contributed by atoms with Crippen LogP contribution < -0.4 is 5.32 Å². The molecule has 1 aliphatic carbocycles. The number of Topliss-reactive ketones (excluding diaryl/α,β-unsaturated/α-hetero) is 1. The molecule has 0 aromatic heterocycles. The minimum absolute atomic E-state index is 0.0539. The number of carboxylic acid groups (broad SMARTS) is 1. The molecule has 6 heteroatoms. The molecular weight excluding hydrogens is 294 g/mol. The van der Waals surface area contributed by atoms with Gasteiger partial charge in [0.05, 0.1) is 0 Å². The molecule has 21 heavy (non-hydrogen) atoms. The molecule has 0 aliphatic heterocycles. The van der Waals surface area contributed by atoms with Crippen LogP contribution >= 0.6 is 11.6 Å². The van der Waals surface area contributed by atoms with Crippen molar-refractivity contribution in [2.45, 2.75) is 31.7 Å². The molecule has 1 saturated carbocycles. The molecule has 1 fully saturated rings. The fourth-order valence-electron chi connectivity index (χ4n) is 2.55. The van der Waals surface area contributed by atoms with Crippen LogP contribution in [0.3, 0.4) is 0 Å². The standard InChI is InChI=1S/C15H16ClNO4/c16-11-6-4-9(5-7-11)14(19)17-13(15(20)21)10-2-1-3-12(18)8-10/h4-7,10,13H,1-3,8H2,(H,17,19)(H,20,21)/t10-,13+/m1/s1. The van der Waals surface area contributed by atoms with Crippen molar-refractivity contribution in [2.24, 2.45) is 5.92 Å². The predicted octanol–water partition coefficient (Wildman–Crippen LogP) is 2.28. The molecule has 5 nitrogen and oxygen atoms in total. The van der Waals surface area contributed by atoms with Gasteiger partial charge in [-0.25, -0.2) is 4.79 Å². The Hall–Kier alpha value is -1.88. The summed E-state index contributed by atoms with van der Waals surface area (Å²) in [5, 5.41) is 12.3. The van der Waals surface area contributed by atoms with Crippen molar-refractivity contribution in [2.75, 3.05) is 0 Å². The van der Waals surface area contributed by atoms with Crippen LogP contribution in [0, 0.1) is 5.92 Å². The second-order valence-electron chi connectivity index (χ2n) is 5.19. The van der Waals surface area contributed by atoms with E-state index in [-0.39, 0.29) is 18.1 Å². The molecule has 0 bridgehead atoms. The Bertz CT molecular complexity index is 555. The molecule has 1 aromatic rings. The van der Waals surface area contributed by atoms with Gasteiger partial charge in [-0.1, -0.05) is 11.6 Å². The van der Waals surface area contributed by atoms with Crippen LogP contribution in [0.4, 0.5) is 0 Å². The lowest BCUT2D eigenvalue weighted by Gasteiger charge is -2.27. The van der Waals surface area contributed by atoms with Crippen LogP contribution in [0.5, 0.6) is 0 Å². The van der Waals surface area contributed by atoms with Crippen LogP contribution in [-0.4, -0.2) is 28.8 Å². The van der Waals surface area contributed by atoms with Crippen molar-refractivity contribution in [1.29, 1.82) is 0 Å². The monoisotopic (exact) mass is 309 g/mol. The van der Waals surface area contributed by atoms with Crippen molar-refractivity contribution in [3.05, 3.63) is 34.9 Å². The second kappa shape index (κ2) is 6.72. The number of rotatable bonds is 4. The molecular formula is C15H16ClNO4. The average molecular weight is 310 g/mol. The number of nitrogens with one attached hydrogen (secondary N) is 1. The molecule has 1 aliphatic rings. The predicted molar refractivity (Wildman–Crippen MR) is 77.3 cm³/mol. The van der Waals surface area contributed by atoms with E-state index in [1.807, 2.05) is 0 Å².